The third-order valence-electron chi connectivity index (χ3n) is 4.99. The Morgan fingerprint density at radius 2 is 1.69 bits per heavy atom. The number of thiazole rings is 1. The number of amides is 1. The van der Waals surface area contributed by atoms with Crippen LogP contribution in [0.2, 0.25) is 0 Å². The SMILES string of the molecule is Cl.NCCN(C(=O)CCc1ccccc1OCc1ccccc1)c1nc2ccccc2s1. The molecule has 0 aliphatic heterocycles. The number of hydrogen-bond acceptors (Lipinski definition) is 5. The number of aromatic nitrogens is 1. The van der Waals surface area contributed by atoms with Crippen LogP contribution in [0.5, 0.6) is 5.75 Å². The summed E-state index contributed by atoms with van der Waals surface area (Å²) in [6, 6.07) is 25.8. The maximum atomic E-state index is 13.1. The zero-order valence-corrected chi connectivity index (χ0v) is 19.3. The van der Waals surface area contributed by atoms with Crippen LogP contribution in [0.25, 0.3) is 10.2 Å². The number of nitrogens with two attached hydrogens (primary N) is 1. The van der Waals surface area contributed by atoms with E-state index in [0.29, 0.717) is 37.7 Å². The first-order valence-corrected chi connectivity index (χ1v) is 11.2. The molecule has 0 bridgehead atoms. The van der Waals surface area contributed by atoms with E-state index in [1.165, 1.54) is 11.3 Å². The molecule has 0 saturated carbocycles. The van der Waals surface area contributed by atoms with Crippen LogP contribution in [0.1, 0.15) is 17.5 Å². The Morgan fingerprint density at radius 3 is 2.47 bits per heavy atom. The molecule has 0 spiro atoms. The molecule has 2 N–H and O–H groups in total. The molecule has 0 fully saturated rings. The van der Waals surface area contributed by atoms with Gasteiger partial charge in [0.15, 0.2) is 5.13 Å². The first kappa shape index (κ1) is 23.7. The van der Waals surface area contributed by atoms with Gasteiger partial charge in [-0.2, -0.15) is 0 Å². The highest BCUT2D eigenvalue weighted by atomic mass is 35.5. The zero-order valence-electron chi connectivity index (χ0n) is 17.6. The van der Waals surface area contributed by atoms with Gasteiger partial charge < -0.3 is 10.5 Å². The molecular weight excluding hydrogens is 442 g/mol. The standard InChI is InChI=1S/C25H25N3O2S.ClH/c26-16-17-28(25-27-21-11-5-7-13-23(21)31-25)24(29)15-14-20-10-4-6-12-22(20)30-18-19-8-2-1-3-9-19;/h1-13H,14-18,26H2;1H. The van der Waals surface area contributed by atoms with Crippen molar-refractivity contribution < 1.29 is 9.53 Å². The maximum Gasteiger partial charge on any atom is 0.229 e. The van der Waals surface area contributed by atoms with E-state index in [9.17, 15) is 4.79 Å². The van der Waals surface area contributed by atoms with Gasteiger partial charge in [0.1, 0.15) is 12.4 Å². The Morgan fingerprint density at radius 1 is 0.969 bits per heavy atom. The van der Waals surface area contributed by atoms with E-state index >= 15 is 0 Å². The molecule has 1 aromatic heterocycles. The number of halogens is 1. The molecule has 0 radical (unpaired) electrons. The van der Waals surface area contributed by atoms with Crippen molar-refractivity contribution in [1.29, 1.82) is 0 Å². The maximum absolute atomic E-state index is 13.1. The molecule has 0 saturated heterocycles. The Labute approximate surface area is 198 Å². The molecule has 4 rings (SSSR count). The topological polar surface area (TPSA) is 68.5 Å². The number of hydrogen-bond donors (Lipinski definition) is 1. The Kier molecular flexibility index (Phi) is 8.62. The second-order valence-electron chi connectivity index (χ2n) is 7.18. The molecule has 166 valence electrons. The minimum absolute atomic E-state index is 0. The Balaban J connectivity index is 0.00000289. The fourth-order valence-corrected chi connectivity index (χ4v) is 4.40. The van der Waals surface area contributed by atoms with E-state index in [1.54, 1.807) is 4.90 Å². The van der Waals surface area contributed by atoms with Gasteiger partial charge in [0.05, 0.1) is 10.2 Å². The monoisotopic (exact) mass is 467 g/mol. The fraction of sp³-hybridized carbons (Fsp3) is 0.200. The number of nitrogens with zero attached hydrogens (tertiary/aromatic N) is 2. The van der Waals surface area contributed by atoms with E-state index in [4.69, 9.17) is 10.5 Å². The van der Waals surface area contributed by atoms with E-state index in [2.05, 4.69) is 4.98 Å². The lowest BCUT2D eigenvalue weighted by atomic mass is 10.1. The number of para-hydroxylation sites is 2. The first-order chi connectivity index (χ1) is 15.2. The summed E-state index contributed by atoms with van der Waals surface area (Å²) in [5.41, 5.74) is 8.81. The third-order valence-corrected chi connectivity index (χ3v) is 6.04. The van der Waals surface area contributed by atoms with Crippen LogP contribution in [0.4, 0.5) is 5.13 Å². The van der Waals surface area contributed by atoms with Crippen molar-refractivity contribution in [2.24, 2.45) is 5.73 Å². The molecule has 4 aromatic rings. The summed E-state index contributed by atoms with van der Waals surface area (Å²) in [4.78, 5) is 19.4. The van der Waals surface area contributed by atoms with Gasteiger partial charge in [0, 0.05) is 19.5 Å². The second kappa shape index (κ2) is 11.6. The van der Waals surface area contributed by atoms with Crippen molar-refractivity contribution in [2.45, 2.75) is 19.4 Å². The molecule has 0 aliphatic rings. The summed E-state index contributed by atoms with van der Waals surface area (Å²) >= 11 is 1.52. The van der Waals surface area contributed by atoms with Crippen molar-refractivity contribution in [3.63, 3.8) is 0 Å². The highest BCUT2D eigenvalue weighted by molar-refractivity contribution is 7.22. The Bertz CT molecular complexity index is 1120. The number of fused-ring (bicyclic) bond motifs is 1. The Hall–Kier alpha value is -2.93. The van der Waals surface area contributed by atoms with Gasteiger partial charge in [-0.1, -0.05) is 72.0 Å². The van der Waals surface area contributed by atoms with Gasteiger partial charge in [0.2, 0.25) is 5.91 Å². The number of carbonyl (C=O) groups is 1. The molecule has 0 aliphatic carbocycles. The largest absolute Gasteiger partial charge is 0.489 e. The quantitative estimate of drug-likeness (QED) is 0.366. The highest BCUT2D eigenvalue weighted by Gasteiger charge is 2.19. The number of carbonyl (C=O) groups excluding carboxylic acids is 1. The predicted molar refractivity (Wildman–Crippen MR) is 134 cm³/mol. The third kappa shape index (κ3) is 5.85. The summed E-state index contributed by atoms with van der Waals surface area (Å²) < 4.78 is 7.09. The predicted octanol–water partition coefficient (Wildman–Crippen LogP) is 5.22. The van der Waals surface area contributed by atoms with E-state index < -0.39 is 0 Å². The van der Waals surface area contributed by atoms with Gasteiger partial charge >= 0.3 is 0 Å². The minimum Gasteiger partial charge on any atom is -0.489 e. The van der Waals surface area contributed by atoms with Crippen LogP contribution < -0.4 is 15.4 Å². The molecule has 3 aromatic carbocycles. The normalized spacial score (nSPS) is 10.5. The highest BCUT2D eigenvalue weighted by Crippen LogP contribution is 2.29. The zero-order chi connectivity index (χ0) is 21.5. The van der Waals surface area contributed by atoms with E-state index in [0.717, 1.165) is 27.1 Å². The number of benzene rings is 3. The van der Waals surface area contributed by atoms with Gasteiger partial charge in [-0.15, -0.1) is 12.4 Å². The number of rotatable bonds is 9. The van der Waals surface area contributed by atoms with Crippen molar-refractivity contribution >= 4 is 45.0 Å². The van der Waals surface area contributed by atoms with Gasteiger partial charge in [-0.25, -0.2) is 4.98 Å². The molecule has 1 heterocycles. The van der Waals surface area contributed by atoms with Crippen LogP contribution in [0.3, 0.4) is 0 Å². The van der Waals surface area contributed by atoms with E-state index in [-0.39, 0.29) is 18.3 Å². The molecule has 0 unspecified atom stereocenters. The second-order valence-corrected chi connectivity index (χ2v) is 8.19. The number of ether oxygens (including phenoxy) is 1. The molecule has 32 heavy (non-hydrogen) atoms. The lowest BCUT2D eigenvalue weighted by Gasteiger charge is -2.19. The van der Waals surface area contributed by atoms with Gasteiger partial charge in [-0.3, -0.25) is 9.69 Å². The summed E-state index contributed by atoms with van der Waals surface area (Å²) in [6.07, 6.45) is 0.956. The van der Waals surface area contributed by atoms with Gasteiger partial charge in [0.25, 0.3) is 0 Å². The smallest absolute Gasteiger partial charge is 0.229 e. The lowest BCUT2D eigenvalue weighted by molar-refractivity contribution is -0.118. The molecule has 7 heteroatoms. The molecule has 0 atom stereocenters. The van der Waals surface area contributed by atoms with Crippen LogP contribution in [0.15, 0.2) is 78.9 Å². The summed E-state index contributed by atoms with van der Waals surface area (Å²) in [7, 11) is 0. The van der Waals surface area contributed by atoms with Crippen LogP contribution in [0, 0.1) is 0 Å². The summed E-state index contributed by atoms with van der Waals surface area (Å²) in [5.74, 6) is 0.826. The average Bonchev–Trinajstić information content (AvgIpc) is 3.24. The summed E-state index contributed by atoms with van der Waals surface area (Å²) in [5, 5.41) is 0.699. The molecular formula is C25H26ClN3O2S. The molecule has 5 nitrogen and oxygen atoms in total. The number of anilines is 1. The number of aryl methyl sites for hydroxylation is 1. The van der Waals surface area contributed by atoms with Crippen LogP contribution in [-0.4, -0.2) is 24.0 Å². The minimum atomic E-state index is 0. The van der Waals surface area contributed by atoms with E-state index in [1.807, 2.05) is 78.9 Å². The van der Waals surface area contributed by atoms with Crippen molar-refractivity contribution in [2.75, 3.05) is 18.0 Å². The first-order valence-electron chi connectivity index (χ1n) is 10.4. The van der Waals surface area contributed by atoms with Crippen molar-refractivity contribution in [3.05, 3.63) is 90.0 Å². The average molecular weight is 468 g/mol. The fourth-order valence-electron chi connectivity index (χ4n) is 3.39. The molecule has 1 amide bonds. The van der Waals surface area contributed by atoms with Crippen molar-refractivity contribution in [3.8, 4) is 5.75 Å². The van der Waals surface area contributed by atoms with Crippen LogP contribution >= 0.6 is 23.7 Å². The van der Waals surface area contributed by atoms with Crippen molar-refractivity contribution in [1.82, 2.24) is 4.98 Å². The summed E-state index contributed by atoms with van der Waals surface area (Å²) in [6.45, 7) is 1.33. The van der Waals surface area contributed by atoms with Crippen LogP contribution in [-0.2, 0) is 17.8 Å². The van der Waals surface area contributed by atoms with Gasteiger partial charge in [-0.05, 0) is 35.7 Å². The lowest BCUT2D eigenvalue weighted by Crippen LogP contribution is -2.35.